The van der Waals surface area contributed by atoms with Crippen molar-refractivity contribution in [3.05, 3.63) is 57.4 Å². The van der Waals surface area contributed by atoms with Crippen molar-refractivity contribution in [3.8, 4) is 16.9 Å². The van der Waals surface area contributed by atoms with Gasteiger partial charge in [-0.1, -0.05) is 17.7 Å². The van der Waals surface area contributed by atoms with E-state index < -0.39 is 17.4 Å². The molecule has 0 unspecified atom stereocenters. The molecule has 2 aromatic carbocycles. The zero-order chi connectivity index (χ0) is 19.1. The monoisotopic (exact) mass is 406 g/mol. The fraction of sp³-hybridized carbons (Fsp3) is 0.238. The number of hydrogen-bond donors (Lipinski definition) is 1. The topological polar surface area (TPSA) is 29.5 Å². The molecule has 1 fully saturated rings. The predicted molar refractivity (Wildman–Crippen MR) is 107 cm³/mol. The highest BCUT2D eigenvalue weighted by atomic mass is 35.5. The SMILES string of the molecule is CCOc1c(F)ccc(-c2c(C(O)=C3CCC3)sc3cc(Cl)ccc23)c1F. The lowest BCUT2D eigenvalue weighted by Gasteiger charge is -2.19. The van der Waals surface area contributed by atoms with E-state index in [0.717, 1.165) is 34.9 Å². The summed E-state index contributed by atoms with van der Waals surface area (Å²) in [4.78, 5) is 0.579. The van der Waals surface area contributed by atoms with Crippen molar-refractivity contribution in [2.45, 2.75) is 26.2 Å². The molecule has 3 aromatic rings. The van der Waals surface area contributed by atoms with E-state index in [4.69, 9.17) is 16.3 Å². The van der Waals surface area contributed by atoms with Crippen LogP contribution < -0.4 is 4.74 Å². The number of thiophene rings is 1. The first-order chi connectivity index (χ1) is 13.0. The van der Waals surface area contributed by atoms with Gasteiger partial charge in [0, 0.05) is 26.2 Å². The minimum absolute atomic E-state index is 0.152. The molecule has 1 heterocycles. The first-order valence-electron chi connectivity index (χ1n) is 8.75. The molecule has 0 spiro atoms. The summed E-state index contributed by atoms with van der Waals surface area (Å²) in [7, 11) is 0. The fourth-order valence-electron chi connectivity index (χ4n) is 3.26. The molecule has 0 saturated heterocycles. The van der Waals surface area contributed by atoms with Crippen LogP contribution in [0.2, 0.25) is 5.02 Å². The first-order valence-corrected chi connectivity index (χ1v) is 9.95. The quantitative estimate of drug-likeness (QED) is 0.459. The molecule has 0 aliphatic heterocycles. The zero-order valence-electron chi connectivity index (χ0n) is 14.6. The molecule has 1 aromatic heterocycles. The molecule has 27 heavy (non-hydrogen) atoms. The van der Waals surface area contributed by atoms with Gasteiger partial charge in [-0.3, -0.25) is 0 Å². The number of halogens is 3. The molecule has 6 heteroatoms. The van der Waals surface area contributed by atoms with Gasteiger partial charge in [-0.25, -0.2) is 8.78 Å². The number of benzene rings is 2. The summed E-state index contributed by atoms with van der Waals surface area (Å²) in [5.41, 5.74) is 1.71. The molecule has 1 aliphatic carbocycles. The van der Waals surface area contributed by atoms with E-state index in [0.29, 0.717) is 15.5 Å². The lowest BCUT2D eigenvalue weighted by Crippen LogP contribution is -2.02. The number of fused-ring (bicyclic) bond motifs is 1. The van der Waals surface area contributed by atoms with Crippen molar-refractivity contribution >= 4 is 38.8 Å². The summed E-state index contributed by atoms with van der Waals surface area (Å²) in [5.74, 6) is -1.72. The molecule has 1 saturated carbocycles. The van der Waals surface area contributed by atoms with Crippen molar-refractivity contribution in [1.29, 1.82) is 0 Å². The van der Waals surface area contributed by atoms with Crippen LogP contribution in [0.1, 0.15) is 31.1 Å². The van der Waals surface area contributed by atoms with Gasteiger partial charge in [0.1, 0.15) is 5.76 Å². The van der Waals surface area contributed by atoms with E-state index in [-0.39, 0.29) is 17.9 Å². The normalized spacial score (nSPS) is 13.7. The number of aliphatic hydroxyl groups excluding tert-OH is 1. The second-order valence-electron chi connectivity index (χ2n) is 6.42. The van der Waals surface area contributed by atoms with Gasteiger partial charge in [0.2, 0.25) is 0 Å². The highest BCUT2D eigenvalue weighted by molar-refractivity contribution is 7.20. The van der Waals surface area contributed by atoms with Crippen molar-refractivity contribution in [3.63, 3.8) is 0 Å². The summed E-state index contributed by atoms with van der Waals surface area (Å²) in [5, 5.41) is 12.1. The van der Waals surface area contributed by atoms with Gasteiger partial charge < -0.3 is 9.84 Å². The van der Waals surface area contributed by atoms with Crippen LogP contribution in [-0.4, -0.2) is 11.7 Å². The molecule has 140 valence electrons. The van der Waals surface area contributed by atoms with Crippen LogP contribution in [0.3, 0.4) is 0 Å². The van der Waals surface area contributed by atoms with Gasteiger partial charge in [0.15, 0.2) is 17.4 Å². The molecule has 1 aliphatic rings. The van der Waals surface area contributed by atoms with Crippen LogP contribution in [0.15, 0.2) is 35.9 Å². The summed E-state index contributed by atoms with van der Waals surface area (Å²) in [6.45, 7) is 1.82. The van der Waals surface area contributed by atoms with E-state index in [2.05, 4.69) is 0 Å². The number of aliphatic hydroxyl groups is 1. The lowest BCUT2D eigenvalue weighted by atomic mass is 9.89. The van der Waals surface area contributed by atoms with Crippen LogP contribution >= 0.6 is 22.9 Å². The molecule has 4 rings (SSSR count). The average molecular weight is 407 g/mol. The molecular weight excluding hydrogens is 390 g/mol. The second-order valence-corrected chi connectivity index (χ2v) is 7.91. The highest BCUT2D eigenvalue weighted by Crippen LogP contribution is 2.47. The molecular formula is C21H17ClF2O2S. The maximum atomic E-state index is 15.1. The van der Waals surface area contributed by atoms with Gasteiger partial charge in [0.05, 0.1) is 11.5 Å². The van der Waals surface area contributed by atoms with E-state index in [1.54, 1.807) is 25.1 Å². The van der Waals surface area contributed by atoms with E-state index >= 15 is 4.39 Å². The Morgan fingerprint density at radius 1 is 1.22 bits per heavy atom. The van der Waals surface area contributed by atoms with Gasteiger partial charge in [-0.2, -0.15) is 0 Å². The van der Waals surface area contributed by atoms with E-state index in [1.165, 1.54) is 23.5 Å². The zero-order valence-corrected chi connectivity index (χ0v) is 16.2. The Morgan fingerprint density at radius 2 is 2.00 bits per heavy atom. The van der Waals surface area contributed by atoms with Crippen molar-refractivity contribution in [2.75, 3.05) is 6.61 Å². The van der Waals surface area contributed by atoms with Crippen LogP contribution in [-0.2, 0) is 0 Å². The summed E-state index contributed by atoms with van der Waals surface area (Å²) in [6, 6.07) is 7.90. The molecule has 0 radical (unpaired) electrons. The smallest absolute Gasteiger partial charge is 0.191 e. The van der Waals surface area contributed by atoms with Gasteiger partial charge in [-0.15, -0.1) is 11.3 Å². The van der Waals surface area contributed by atoms with E-state index in [9.17, 15) is 9.50 Å². The van der Waals surface area contributed by atoms with Crippen LogP contribution in [0, 0.1) is 11.6 Å². The number of rotatable bonds is 4. The van der Waals surface area contributed by atoms with Gasteiger partial charge in [-0.05, 0) is 56.0 Å². The van der Waals surface area contributed by atoms with Crippen LogP contribution in [0.4, 0.5) is 8.78 Å². The third-order valence-electron chi connectivity index (χ3n) is 4.77. The fourth-order valence-corrected chi connectivity index (χ4v) is 4.74. The van der Waals surface area contributed by atoms with Crippen LogP contribution in [0.25, 0.3) is 27.0 Å². The summed E-state index contributed by atoms with van der Waals surface area (Å²) >= 11 is 7.47. The van der Waals surface area contributed by atoms with Crippen molar-refractivity contribution in [1.82, 2.24) is 0 Å². The highest BCUT2D eigenvalue weighted by Gasteiger charge is 2.26. The standard InChI is InChI=1S/C21H17ClF2O2S/c1-2-26-20-15(23)9-8-14(18(20)24)17-13-7-6-12(22)10-16(13)27-21(17)19(25)11-4-3-5-11/h6-10,25H,2-5H2,1H3. The number of allylic oxidation sites excluding steroid dienone is 1. The van der Waals surface area contributed by atoms with Gasteiger partial charge in [0.25, 0.3) is 0 Å². The Balaban J connectivity index is 2.02. The Labute approximate surface area is 164 Å². The van der Waals surface area contributed by atoms with Crippen molar-refractivity contribution in [2.24, 2.45) is 0 Å². The van der Waals surface area contributed by atoms with Crippen LogP contribution in [0.5, 0.6) is 5.75 Å². The Morgan fingerprint density at radius 3 is 2.67 bits per heavy atom. The Hall–Kier alpha value is -2.11. The molecule has 2 nitrogen and oxygen atoms in total. The van der Waals surface area contributed by atoms with Crippen molar-refractivity contribution < 1.29 is 18.6 Å². The third kappa shape index (κ3) is 3.09. The maximum Gasteiger partial charge on any atom is 0.191 e. The Bertz CT molecular complexity index is 1070. The molecule has 1 N–H and O–H groups in total. The largest absolute Gasteiger partial charge is 0.506 e. The summed E-state index contributed by atoms with van der Waals surface area (Å²) < 4.78 is 35.2. The summed E-state index contributed by atoms with van der Waals surface area (Å²) in [6.07, 6.45) is 2.69. The maximum absolute atomic E-state index is 15.1. The second kappa shape index (κ2) is 7.13. The lowest BCUT2D eigenvalue weighted by molar-refractivity contribution is 0.303. The first kappa shape index (κ1) is 18.3. The molecule has 0 bridgehead atoms. The third-order valence-corrected chi connectivity index (χ3v) is 6.16. The van der Waals surface area contributed by atoms with Gasteiger partial charge >= 0.3 is 0 Å². The minimum Gasteiger partial charge on any atom is -0.506 e. The average Bonchev–Trinajstić information content (AvgIpc) is 2.95. The van der Waals surface area contributed by atoms with E-state index in [1.807, 2.05) is 0 Å². The number of ether oxygens (including phenoxy) is 1. The predicted octanol–water partition coefficient (Wildman–Crippen LogP) is 7.35. The number of hydrogen-bond acceptors (Lipinski definition) is 3. The Kier molecular flexibility index (Phi) is 4.82. The minimum atomic E-state index is -0.765. The molecule has 0 amide bonds. The molecule has 0 atom stereocenters.